The van der Waals surface area contributed by atoms with Crippen LogP contribution < -0.4 is 5.56 Å². The van der Waals surface area contributed by atoms with Crippen molar-refractivity contribution in [3.8, 4) is 11.5 Å². The third kappa shape index (κ3) is 3.05. The number of hydrogen-bond donors (Lipinski definition) is 0. The second kappa shape index (κ2) is 5.91. The van der Waals surface area contributed by atoms with Crippen LogP contribution in [0.5, 0.6) is 0 Å². The van der Waals surface area contributed by atoms with Gasteiger partial charge in [0.05, 0.1) is 19.2 Å². The summed E-state index contributed by atoms with van der Waals surface area (Å²) in [5.41, 5.74) is 0.394. The van der Waals surface area contributed by atoms with Crippen LogP contribution >= 0.6 is 0 Å². The van der Waals surface area contributed by atoms with Crippen molar-refractivity contribution >= 4 is 5.97 Å². The summed E-state index contributed by atoms with van der Waals surface area (Å²) < 4.78 is 16.4. The summed E-state index contributed by atoms with van der Waals surface area (Å²) in [6.07, 6.45) is 1.59. The lowest BCUT2D eigenvalue weighted by molar-refractivity contribution is 0.0563. The van der Waals surface area contributed by atoms with Gasteiger partial charge < -0.3 is 18.2 Å². The Hall–Kier alpha value is -3.16. The van der Waals surface area contributed by atoms with Gasteiger partial charge in [-0.3, -0.25) is 4.79 Å². The fraction of sp³-hybridized carbons (Fsp3) is 0.200. The number of rotatable bonds is 4. The number of carbonyl (C=O) groups is 1. The van der Waals surface area contributed by atoms with Crippen LogP contribution in [0, 0.1) is 6.92 Å². The summed E-state index contributed by atoms with van der Waals surface area (Å²) in [5, 5.41) is 3.72. The van der Waals surface area contributed by atoms with E-state index in [1.807, 2.05) is 0 Å². The highest BCUT2D eigenvalue weighted by Crippen LogP contribution is 2.16. The standard InChI is InChI=1S/C15H13N3O5/c1-9-16-14(23-17-9)10-3-6-13(19)18(7-10)8-11-4-5-12(22-11)15(20)21-2/h3-7H,8H2,1-2H3. The molecule has 0 spiro atoms. The number of hydrogen-bond acceptors (Lipinski definition) is 7. The minimum absolute atomic E-state index is 0.0826. The number of carbonyl (C=O) groups excluding carboxylic acids is 1. The Bertz CT molecular complexity index is 906. The van der Waals surface area contributed by atoms with Crippen LogP contribution in [0.15, 0.2) is 44.2 Å². The van der Waals surface area contributed by atoms with E-state index >= 15 is 0 Å². The van der Waals surface area contributed by atoms with Crippen molar-refractivity contribution in [1.29, 1.82) is 0 Å². The summed E-state index contributed by atoms with van der Waals surface area (Å²) in [4.78, 5) is 27.5. The maximum atomic E-state index is 12.0. The van der Waals surface area contributed by atoms with E-state index in [9.17, 15) is 9.59 Å². The number of ether oxygens (including phenoxy) is 1. The van der Waals surface area contributed by atoms with Crippen molar-refractivity contribution in [2.45, 2.75) is 13.5 Å². The molecule has 3 rings (SSSR count). The molecule has 0 atom stereocenters. The van der Waals surface area contributed by atoms with E-state index in [-0.39, 0.29) is 17.9 Å². The Labute approximate surface area is 130 Å². The van der Waals surface area contributed by atoms with Gasteiger partial charge in [0.25, 0.3) is 11.4 Å². The minimum Gasteiger partial charge on any atom is -0.463 e. The molecule has 3 aromatic heterocycles. The first-order valence-corrected chi connectivity index (χ1v) is 6.75. The third-order valence-electron chi connectivity index (χ3n) is 3.13. The van der Waals surface area contributed by atoms with E-state index in [1.54, 1.807) is 25.3 Å². The lowest BCUT2D eigenvalue weighted by Crippen LogP contribution is -2.18. The van der Waals surface area contributed by atoms with E-state index in [0.29, 0.717) is 23.0 Å². The molecule has 0 amide bonds. The van der Waals surface area contributed by atoms with E-state index in [4.69, 9.17) is 8.94 Å². The molecule has 8 nitrogen and oxygen atoms in total. The SMILES string of the molecule is COC(=O)c1ccc(Cn2cc(-c3nc(C)no3)ccc2=O)o1. The zero-order valence-electron chi connectivity index (χ0n) is 12.5. The van der Waals surface area contributed by atoms with Crippen LogP contribution in [-0.2, 0) is 11.3 Å². The molecule has 118 valence electrons. The number of aryl methyl sites for hydroxylation is 1. The molecule has 0 aromatic carbocycles. The first kappa shape index (κ1) is 14.8. The van der Waals surface area contributed by atoms with Gasteiger partial charge in [0.1, 0.15) is 5.76 Å². The smallest absolute Gasteiger partial charge is 0.373 e. The minimum atomic E-state index is -0.571. The van der Waals surface area contributed by atoms with Crippen molar-refractivity contribution < 1.29 is 18.5 Å². The van der Waals surface area contributed by atoms with Gasteiger partial charge in [-0.2, -0.15) is 4.98 Å². The molecule has 23 heavy (non-hydrogen) atoms. The van der Waals surface area contributed by atoms with Crippen molar-refractivity contribution in [3.63, 3.8) is 0 Å². The van der Waals surface area contributed by atoms with Crippen molar-refractivity contribution in [2.24, 2.45) is 0 Å². The monoisotopic (exact) mass is 315 g/mol. The van der Waals surface area contributed by atoms with E-state index in [2.05, 4.69) is 14.9 Å². The average Bonchev–Trinajstić information content (AvgIpc) is 3.18. The van der Waals surface area contributed by atoms with Crippen LogP contribution in [0.1, 0.15) is 22.1 Å². The molecule has 0 saturated carbocycles. The highest BCUT2D eigenvalue weighted by Gasteiger charge is 2.13. The Kier molecular flexibility index (Phi) is 3.80. The summed E-state index contributed by atoms with van der Waals surface area (Å²) in [5.74, 6) is 0.793. The molecule has 0 N–H and O–H groups in total. The first-order chi connectivity index (χ1) is 11.1. The van der Waals surface area contributed by atoms with Crippen LogP contribution in [0.4, 0.5) is 0 Å². The van der Waals surface area contributed by atoms with Crippen LogP contribution in [0.2, 0.25) is 0 Å². The zero-order chi connectivity index (χ0) is 16.4. The van der Waals surface area contributed by atoms with Crippen LogP contribution in [-0.4, -0.2) is 27.8 Å². The van der Waals surface area contributed by atoms with Gasteiger partial charge in [-0.05, 0) is 25.1 Å². The second-order valence-corrected chi connectivity index (χ2v) is 4.79. The topological polar surface area (TPSA) is 100 Å². The number of furan rings is 1. The molecule has 0 saturated heterocycles. The molecule has 8 heteroatoms. The van der Waals surface area contributed by atoms with Gasteiger partial charge in [0, 0.05) is 12.3 Å². The van der Waals surface area contributed by atoms with Gasteiger partial charge in [0.2, 0.25) is 5.76 Å². The van der Waals surface area contributed by atoms with Crippen LogP contribution in [0.25, 0.3) is 11.5 Å². The van der Waals surface area contributed by atoms with Crippen molar-refractivity contribution in [2.75, 3.05) is 7.11 Å². The molecular formula is C15H13N3O5. The molecule has 3 aromatic rings. The highest BCUT2D eigenvalue weighted by atomic mass is 16.5. The van der Waals surface area contributed by atoms with Crippen LogP contribution in [0.3, 0.4) is 0 Å². The number of pyridine rings is 1. The molecule has 0 aliphatic rings. The normalized spacial score (nSPS) is 10.7. The Morgan fingerprint density at radius 2 is 2.13 bits per heavy atom. The number of methoxy groups -OCH3 is 1. The van der Waals surface area contributed by atoms with E-state index in [0.717, 1.165) is 0 Å². The Morgan fingerprint density at radius 3 is 2.83 bits per heavy atom. The van der Waals surface area contributed by atoms with E-state index in [1.165, 1.54) is 23.8 Å². The average molecular weight is 315 g/mol. The lowest BCUT2D eigenvalue weighted by atomic mass is 10.2. The predicted octanol–water partition coefficient (Wildman–Crippen LogP) is 1.63. The van der Waals surface area contributed by atoms with Gasteiger partial charge in [-0.25, -0.2) is 4.79 Å². The molecule has 0 unspecified atom stereocenters. The van der Waals surface area contributed by atoms with Crippen molar-refractivity contribution in [3.05, 3.63) is 58.2 Å². The molecule has 0 aliphatic carbocycles. The maximum absolute atomic E-state index is 12.0. The summed E-state index contributed by atoms with van der Waals surface area (Å²) in [6.45, 7) is 1.87. The zero-order valence-corrected chi connectivity index (χ0v) is 12.5. The quantitative estimate of drug-likeness (QED) is 0.674. The number of aromatic nitrogens is 3. The molecule has 0 bridgehead atoms. The highest BCUT2D eigenvalue weighted by molar-refractivity contribution is 5.86. The van der Waals surface area contributed by atoms with E-state index < -0.39 is 5.97 Å². The first-order valence-electron chi connectivity index (χ1n) is 6.75. The van der Waals surface area contributed by atoms with Gasteiger partial charge >= 0.3 is 5.97 Å². The maximum Gasteiger partial charge on any atom is 0.373 e. The second-order valence-electron chi connectivity index (χ2n) is 4.79. The lowest BCUT2D eigenvalue weighted by Gasteiger charge is -2.04. The molecule has 3 heterocycles. The summed E-state index contributed by atoms with van der Waals surface area (Å²) in [6, 6.07) is 6.12. The number of nitrogens with zero attached hydrogens (tertiary/aromatic N) is 3. The molecule has 0 aliphatic heterocycles. The molecular weight excluding hydrogens is 302 g/mol. The Morgan fingerprint density at radius 1 is 1.30 bits per heavy atom. The number of esters is 1. The summed E-state index contributed by atoms with van der Waals surface area (Å²) >= 11 is 0. The Balaban J connectivity index is 1.89. The largest absolute Gasteiger partial charge is 0.463 e. The fourth-order valence-corrected chi connectivity index (χ4v) is 2.04. The van der Waals surface area contributed by atoms with Crippen molar-refractivity contribution in [1.82, 2.24) is 14.7 Å². The third-order valence-corrected chi connectivity index (χ3v) is 3.13. The van der Waals surface area contributed by atoms with Gasteiger partial charge in [-0.15, -0.1) is 0 Å². The van der Waals surface area contributed by atoms with Gasteiger partial charge in [-0.1, -0.05) is 5.16 Å². The molecule has 0 radical (unpaired) electrons. The molecule has 0 fully saturated rings. The fourth-order valence-electron chi connectivity index (χ4n) is 2.04. The predicted molar refractivity (Wildman–Crippen MR) is 77.9 cm³/mol. The van der Waals surface area contributed by atoms with Gasteiger partial charge in [0.15, 0.2) is 5.82 Å². The summed E-state index contributed by atoms with van der Waals surface area (Å²) in [7, 11) is 1.27.